The van der Waals surface area contributed by atoms with Crippen molar-refractivity contribution in [2.45, 2.75) is 38.7 Å². The number of aryl methyl sites for hydroxylation is 1. The minimum Gasteiger partial charge on any atom is -0.378 e. The molecule has 0 amide bonds. The zero-order valence-corrected chi connectivity index (χ0v) is 14.1. The molecule has 1 fully saturated rings. The van der Waals surface area contributed by atoms with Gasteiger partial charge in [-0.05, 0) is 31.2 Å². The molecule has 0 spiro atoms. The fraction of sp³-hybridized carbons (Fsp3) is 0.500. The lowest BCUT2D eigenvalue weighted by Gasteiger charge is -2.27. The maximum Gasteiger partial charge on any atom is 0.227 e. The molecule has 6 nitrogen and oxygen atoms in total. The molecule has 3 aromatic rings. The second-order valence-corrected chi connectivity index (χ2v) is 6.55. The van der Waals surface area contributed by atoms with E-state index in [0.717, 1.165) is 54.6 Å². The molecule has 2 atom stereocenters. The van der Waals surface area contributed by atoms with E-state index in [1.54, 1.807) is 0 Å². The molecule has 3 heterocycles. The van der Waals surface area contributed by atoms with Crippen LogP contribution in [0.2, 0.25) is 0 Å². The lowest BCUT2D eigenvalue weighted by Crippen LogP contribution is -2.26. The third-order valence-electron chi connectivity index (χ3n) is 4.87. The van der Waals surface area contributed by atoms with Crippen molar-refractivity contribution in [3.63, 3.8) is 0 Å². The number of fused-ring (bicyclic) bond motifs is 1. The predicted molar refractivity (Wildman–Crippen MR) is 90.5 cm³/mol. The Morgan fingerprint density at radius 2 is 2.25 bits per heavy atom. The molecule has 1 aromatic carbocycles. The highest BCUT2D eigenvalue weighted by Crippen LogP contribution is 2.26. The average molecular weight is 326 g/mol. The Bertz CT molecular complexity index is 839. The zero-order chi connectivity index (χ0) is 16.5. The molecule has 2 aromatic heterocycles. The predicted octanol–water partition coefficient (Wildman–Crippen LogP) is 3.37. The van der Waals surface area contributed by atoms with Gasteiger partial charge in [0.15, 0.2) is 0 Å². The van der Waals surface area contributed by atoms with Gasteiger partial charge in [-0.25, -0.2) is 0 Å². The second-order valence-electron chi connectivity index (χ2n) is 6.55. The average Bonchev–Trinajstić information content (AvgIpc) is 3.22. The summed E-state index contributed by atoms with van der Waals surface area (Å²) in [6, 6.07) is 6.11. The Labute approximate surface area is 140 Å². The first kappa shape index (κ1) is 15.3. The van der Waals surface area contributed by atoms with Crippen LogP contribution in [-0.2, 0) is 18.2 Å². The van der Waals surface area contributed by atoms with Gasteiger partial charge in [-0.1, -0.05) is 24.2 Å². The van der Waals surface area contributed by atoms with Crippen molar-refractivity contribution in [3.8, 4) is 11.4 Å². The highest BCUT2D eigenvalue weighted by atomic mass is 16.5. The summed E-state index contributed by atoms with van der Waals surface area (Å²) >= 11 is 0. The van der Waals surface area contributed by atoms with E-state index in [0.29, 0.717) is 17.8 Å². The van der Waals surface area contributed by atoms with Crippen LogP contribution in [0, 0.1) is 5.92 Å². The summed E-state index contributed by atoms with van der Waals surface area (Å²) in [5, 5.41) is 9.54. The summed E-state index contributed by atoms with van der Waals surface area (Å²) in [4.78, 5) is 4.60. The smallest absolute Gasteiger partial charge is 0.227 e. The van der Waals surface area contributed by atoms with E-state index >= 15 is 0 Å². The SMILES string of the molecule is CC[C@H]1C[C@H](Cc2nc(-c3ccc4cnn(C)c4c3)no2)CCO1. The van der Waals surface area contributed by atoms with E-state index in [9.17, 15) is 0 Å². The molecule has 0 aliphatic carbocycles. The second kappa shape index (κ2) is 6.36. The van der Waals surface area contributed by atoms with Gasteiger partial charge in [0.2, 0.25) is 11.7 Å². The van der Waals surface area contributed by atoms with Gasteiger partial charge in [-0.2, -0.15) is 10.1 Å². The fourth-order valence-corrected chi connectivity index (χ4v) is 3.41. The molecular weight excluding hydrogens is 304 g/mol. The van der Waals surface area contributed by atoms with Gasteiger partial charge in [0.05, 0.1) is 17.8 Å². The fourth-order valence-electron chi connectivity index (χ4n) is 3.41. The van der Waals surface area contributed by atoms with Gasteiger partial charge in [0.1, 0.15) is 0 Å². The van der Waals surface area contributed by atoms with Crippen LogP contribution < -0.4 is 0 Å². The van der Waals surface area contributed by atoms with E-state index in [1.165, 1.54) is 0 Å². The van der Waals surface area contributed by atoms with E-state index in [-0.39, 0.29) is 0 Å². The quantitative estimate of drug-likeness (QED) is 0.735. The van der Waals surface area contributed by atoms with Crippen LogP contribution in [0.1, 0.15) is 32.1 Å². The topological polar surface area (TPSA) is 66.0 Å². The Hall–Kier alpha value is -2.21. The molecule has 1 aliphatic heterocycles. The molecule has 0 bridgehead atoms. The summed E-state index contributed by atoms with van der Waals surface area (Å²) in [6.07, 6.45) is 6.27. The molecule has 0 saturated carbocycles. The molecule has 0 N–H and O–H groups in total. The molecule has 6 heteroatoms. The Kier molecular flexibility index (Phi) is 4.06. The Balaban J connectivity index is 1.52. The number of aromatic nitrogens is 4. The highest BCUT2D eigenvalue weighted by Gasteiger charge is 2.23. The summed E-state index contributed by atoms with van der Waals surface area (Å²) in [5.41, 5.74) is 2.02. The number of ether oxygens (including phenoxy) is 1. The van der Waals surface area contributed by atoms with Crippen molar-refractivity contribution in [1.82, 2.24) is 19.9 Å². The lowest BCUT2D eigenvalue weighted by atomic mass is 9.91. The summed E-state index contributed by atoms with van der Waals surface area (Å²) in [6.45, 7) is 3.01. The van der Waals surface area contributed by atoms with Gasteiger partial charge in [-0.15, -0.1) is 0 Å². The van der Waals surface area contributed by atoms with Crippen LogP contribution in [0.15, 0.2) is 28.9 Å². The van der Waals surface area contributed by atoms with Crippen molar-refractivity contribution < 1.29 is 9.26 Å². The first-order chi connectivity index (χ1) is 11.7. The summed E-state index contributed by atoms with van der Waals surface area (Å²) in [7, 11) is 1.93. The van der Waals surface area contributed by atoms with Crippen molar-refractivity contribution in [1.29, 1.82) is 0 Å². The minimum absolute atomic E-state index is 0.374. The van der Waals surface area contributed by atoms with Crippen molar-refractivity contribution in [2.75, 3.05) is 6.61 Å². The van der Waals surface area contributed by atoms with Gasteiger partial charge in [0.25, 0.3) is 0 Å². The number of rotatable bonds is 4. The summed E-state index contributed by atoms with van der Waals surface area (Å²) < 4.78 is 13.1. The summed E-state index contributed by atoms with van der Waals surface area (Å²) in [5.74, 6) is 1.93. The molecular formula is C18H22N4O2. The monoisotopic (exact) mass is 326 g/mol. The van der Waals surface area contributed by atoms with Crippen LogP contribution in [0.3, 0.4) is 0 Å². The van der Waals surface area contributed by atoms with E-state index in [4.69, 9.17) is 9.26 Å². The third-order valence-corrected chi connectivity index (χ3v) is 4.87. The largest absolute Gasteiger partial charge is 0.378 e. The Morgan fingerprint density at radius 3 is 3.12 bits per heavy atom. The van der Waals surface area contributed by atoms with E-state index < -0.39 is 0 Å². The molecule has 126 valence electrons. The minimum atomic E-state index is 0.374. The van der Waals surface area contributed by atoms with Gasteiger partial charge >= 0.3 is 0 Å². The van der Waals surface area contributed by atoms with Crippen LogP contribution in [0.25, 0.3) is 22.3 Å². The Morgan fingerprint density at radius 1 is 1.33 bits per heavy atom. The first-order valence-electron chi connectivity index (χ1n) is 8.59. The van der Waals surface area contributed by atoms with Crippen LogP contribution in [0.4, 0.5) is 0 Å². The lowest BCUT2D eigenvalue weighted by molar-refractivity contribution is -0.0115. The van der Waals surface area contributed by atoms with Gasteiger partial charge in [0, 0.05) is 31.0 Å². The van der Waals surface area contributed by atoms with Crippen molar-refractivity contribution in [3.05, 3.63) is 30.3 Å². The standard InChI is InChI=1S/C18H22N4O2/c1-3-15-8-12(6-7-23-15)9-17-20-18(21-24-17)13-4-5-14-11-19-22(2)16(14)10-13/h4-5,10-12,15H,3,6-9H2,1-2H3/t12-,15+/m1/s1. The van der Waals surface area contributed by atoms with Crippen molar-refractivity contribution >= 4 is 10.9 Å². The van der Waals surface area contributed by atoms with Crippen LogP contribution in [0.5, 0.6) is 0 Å². The van der Waals surface area contributed by atoms with E-state index in [1.807, 2.05) is 30.1 Å². The third kappa shape index (κ3) is 2.94. The maximum atomic E-state index is 5.74. The number of hydrogen-bond acceptors (Lipinski definition) is 5. The van der Waals surface area contributed by atoms with Crippen LogP contribution >= 0.6 is 0 Å². The van der Waals surface area contributed by atoms with Gasteiger partial charge < -0.3 is 9.26 Å². The van der Waals surface area contributed by atoms with Crippen LogP contribution in [-0.4, -0.2) is 32.6 Å². The molecule has 1 aliphatic rings. The molecule has 0 radical (unpaired) electrons. The highest BCUT2D eigenvalue weighted by molar-refractivity contribution is 5.83. The van der Waals surface area contributed by atoms with Crippen molar-refractivity contribution in [2.24, 2.45) is 13.0 Å². The molecule has 1 saturated heterocycles. The van der Waals surface area contributed by atoms with Gasteiger partial charge in [-0.3, -0.25) is 4.68 Å². The first-order valence-corrected chi connectivity index (χ1v) is 8.59. The maximum absolute atomic E-state index is 5.74. The number of hydrogen-bond donors (Lipinski definition) is 0. The van der Waals surface area contributed by atoms with E-state index in [2.05, 4.69) is 28.2 Å². The number of benzene rings is 1. The molecule has 0 unspecified atom stereocenters. The normalized spacial score (nSPS) is 21.4. The molecule has 24 heavy (non-hydrogen) atoms. The number of nitrogens with zero attached hydrogens (tertiary/aromatic N) is 4. The molecule has 4 rings (SSSR count). The zero-order valence-electron chi connectivity index (χ0n) is 14.1.